The molecule has 0 aliphatic carbocycles. The summed E-state index contributed by atoms with van der Waals surface area (Å²) in [7, 11) is 0. The lowest BCUT2D eigenvalue weighted by Crippen LogP contribution is -2.49. The van der Waals surface area contributed by atoms with Gasteiger partial charge in [0.1, 0.15) is 6.04 Å². The highest BCUT2D eigenvalue weighted by Crippen LogP contribution is 2.19. The first kappa shape index (κ1) is 15.0. The van der Waals surface area contributed by atoms with E-state index in [2.05, 4.69) is 10.6 Å². The highest BCUT2D eigenvalue weighted by atomic mass is 16.2. The van der Waals surface area contributed by atoms with Crippen LogP contribution < -0.4 is 10.6 Å². The van der Waals surface area contributed by atoms with Crippen LogP contribution in [0.25, 0.3) is 0 Å². The zero-order valence-corrected chi connectivity index (χ0v) is 12.8. The summed E-state index contributed by atoms with van der Waals surface area (Å²) in [5.74, 6) is 0.0565. The fourth-order valence-electron chi connectivity index (χ4n) is 3.29. The fraction of sp³-hybridized carbons (Fsp3) is 0.529. The van der Waals surface area contributed by atoms with E-state index in [-0.39, 0.29) is 23.9 Å². The number of likely N-dealkylation sites (tertiary alicyclic amines) is 1. The predicted molar refractivity (Wildman–Crippen MR) is 84.3 cm³/mol. The molecule has 2 fully saturated rings. The van der Waals surface area contributed by atoms with Gasteiger partial charge in [-0.05, 0) is 31.4 Å². The van der Waals surface area contributed by atoms with Crippen molar-refractivity contribution in [3.8, 4) is 0 Å². The average Bonchev–Trinajstić information content (AvgIpc) is 3.19. The first-order valence-corrected chi connectivity index (χ1v) is 8.08. The van der Waals surface area contributed by atoms with Gasteiger partial charge in [-0.15, -0.1) is 0 Å². The second-order valence-corrected chi connectivity index (χ2v) is 6.11. The molecule has 0 bridgehead atoms. The van der Waals surface area contributed by atoms with Gasteiger partial charge >= 0.3 is 0 Å². The quantitative estimate of drug-likeness (QED) is 0.860. The zero-order chi connectivity index (χ0) is 15.4. The number of rotatable bonds is 4. The van der Waals surface area contributed by atoms with Gasteiger partial charge in [0.2, 0.25) is 11.8 Å². The number of hydrogen-bond acceptors (Lipinski definition) is 3. The Hall–Kier alpha value is -1.88. The van der Waals surface area contributed by atoms with Crippen molar-refractivity contribution in [1.29, 1.82) is 0 Å². The van der Waals surface area contributed by atoms with Gasteiger partial charge in [0.25, 0.3) is 0 Å². The van der Waals surface area contributed by atoms with Crippen molar-refractivity contribution in [2.24, 2.45) is 0 Å². The summed E-state index contributed by atoms with van der Waals surface area (Å²) in [6, 6.07) is 9.63. The molecule has 3 rings (SSSR count). The molecular weight excluding hydrogens is 278 g/mol. The summed E-state index contributed by atoms with van der Waals surface area (Å²) >= 11 is 0. The minimum absolute atomic E-state index is 0.00705. The topological polar surface area (TPSA) is 61.4 Å². The van der Waals surface area contributed by atoms with E-state index in [0.717, 1.165) is 37.9 Å². The summed E-state index contributed by atoms with van der Waals surface area (Å²) in [6.45, 7) is 2.47. The SMILES string of the molecule is O=C(NC1CCNC1)C1CCCN1C(=O)Cc1ccccc1. The van der Waals surface area contributed by atoms with Crippen LogP contribution in [0, 0.1) is 0 Å². The third-order valence-electron chi connectivity index (χ3n) is 4.48. The number of carbonyl (C=O) groups excluding carboxylic acids is 2. The third-order valence-corrected chi connectivity index (χ3v) is 4.48. The van der Waals surface area contributed by atoms with Crippen LogP contribution in [-0.4, -0.2) is 48.4 Å². The molecule has 1 aromatic rings. The molecular formula is C17H23N3O2. The van der Waals surface area contributed by atoms with Crippen LogP contribution in [0.5, 0.6) is 0 Å². The highest BCUT2D eigenvalue weighted by Gasteiger charge is 2.34. The molecule has 0 aromatic heterocycles. The van der Waals surface area contributed by atoms with Gasteiger partial charge in [-0.3, -0.25) is 9.59 Å². The molecule has 2 N–H and O–H groups in total. The molecule has 2 heterocycles. The largest absolute Gasteiger partial charge is 0.350 e. The molecule has 0 spiro atoms. The minimum Gasteiger partial charge on any atom is -0.350 e. The van der Waals surface area contributed by atoms with Crippen LogP contribution in [-0.2, 0) is 16.0 Å². The van der Waals surface area contributed by atoms with E-state index in [1.54, 1.807) is 4.90 Å². The number of hydrogen-bond donors (Lipinski definition) is 2. The second-order valence-electron chi connectivity index (χ2n) is 6.11. The van der Waals surface area contributed by atoms with Gasteiger partial charge in [0.15, 0.2) is 0 Å². The van der Waals surface area contributed by atoms with Gasteiger partial charge in [0, 0.05) is 19.1 Å². The molecule has 0 radical (unpaired) electrons. The lowest BCUT2D eigenvalue weighted by atomic mass is 10.1. The Morgan fingerprint density at radius 1 is 1.23 bits per heavy atom. The van der Waals surface area contributed by atoms with Gasteiger partial charge in [-0.25, -0.2) is 0 Å². The van der Waals surface area contributed by atoms with Crippen molar-refractivity contribution in [1.82, 2.24) is 15.5 Å². The molecule has 2 amide bonds. The molecule has 118 valence electrons. The van der Waals surface area contributed by atoms with E-state index in [4.69, 9.17) is 0 Å². The van der Waals surface area contributed by atoms with Crippen LogP contribution in [0.15, 0.2) is 30.3 Å². The lowest BCUT2D eigenvalue weighted by Gasteiger charge is -2.25. The maximum absolute atomic E-state index is 12.5. The van der Waals surface area contributed by atoms with E-state index in [1.165, 1.54) is 0 Å². The predicted octanol–water partition coefficient (Wildman–Crippen LogP) is 0.698. The van der Waals surface area contributed by atoms with Gasteiger partial charge in [-0.2, -0.15) is 0 Å². The smallest absolute Gasteiger partial charge is 0.243 e. The first-order valence-electron chi connectivity index (χ1n) is 8.08. The van der Waals surface area contributed by atoms with Gasteiger partial charge < -0.3 is 15.5 Å². The molecule has 2 aliphatic rings. The van der Waals surface area contributed by atoms with Crippen molar-refractivity contribution in [2.45, 2.75) is 37.8 Å². The van der Waals surface area contributed by atoms with Crippen molar-refractivity contribution >= 4 is 11.8 Å². The standard InChI is InChI=1S/C17H23N3O2/c21-16(11-13-5-2-1-3-6-13)20-10-4-7-15(20)17(22)19-14-8-9-18-12-14/h1-3,5-6,14-15,18H,4,7-12H2,(H,19,22). The van der Waals surface area contributed by atoms with E-state index < -0.39 is 0 Å². The van der Waals surface area contributed by atoms with E-state index in [0.29, 0.717) is 13.0 Å². The lowest BCUT2D eigenvalue weighted by molar-refractivity contribution is -0.138. The summed E-state index contributed by atoms with van der Waals surface area (Å²) in [5.41, 5.74) is 0.999. The number of amides is 2. The molecule has 5 nitrogen and oxygen atoms in total. The van der Waals surface area contributed by atoms with E-state index in [9.17, 15) is 9.59 Å². The van der Waals surface area contributed by atoms with Crippen LogP contribution in [0.4, 0.5) is 0 Å². The Labute approximate surface area is 131 Å². The molecule has 2 atom stereocenters. The fourth-order valence-corrected chi connectivity index (χ4v) is 3.29. The minimum atomic E-state index is -0.295. The average molecular weight is 301 g/mol. The monoisotopic (exact) mass is 301 g/mol. The van der Waals surface area contributed by atoms with E-state index >= 15 is 0 Å². The first-order chi connectivity index (χ1) is 10.7. The zero-order valence-electron chi connectivity index (χ0n) is 12.8. The van der Waals surface area contributed by atoms with Gasteiger partial charge in [-0.1, -0.05) is 30.3 Å². The summed E-state index contributed by atoms with van der Waals surface area (Å²) in [5, 5.41) is 6.31. The molecule has 2 aliphatic heterocycles. The molecule has 5 heteroatoms. The van der Waals surface area contributed by atoms with E-state index in [1.807, 2.05) is 30.3 Å². The summed E-state index contributed by atoms with van der Waals surface area (Å²) < 4.78 is 0. The third kappa shape index (κ3) is 3.47. The number of benzene rings is 1. The normalized spacial score (nSPS) is 24.5. The second kappa shape index (κ2) is 6.92. The van der Waals surface area contributed by atoms with Crippen LogP contribution in [0.1, 0.15) is 24.8 Å². The Bertz CT molecular complexity index is 526. The van der Waals surface area contributed by atoms with Crippen molar-refractivity contribution in [3.05, 3.63) is 35.9 Å². The van der Waals surface area contributed by atoms with Crippen LogP contribution in [0.2, 0.25) is 0 Å². The number of nitrogens with one attached hydrogen (secondary N) is 2. The van der Waals surface area contributed by atoms with Crippen LogP contribution in [0.3, 0.4) is 0 Å². The van der Waals surface area contributed by atoms with Gasteiger partial charge in [0.05, 0.1) is 6.42 Å². The maximum Gasteiger partial charge on any atom is 0.243 e. The Balaban J connectivity index is 1.59. The number of carbonyl (C=O) groups is 2. The molecule has 0 saturated carbocycles. The Kier molecular flexibility index (Phi) is 4.73. The van der Waals surface area contributed by atoms with Crippen molar-refractivity contribution in [3.63, 3.8) is 0 Å². The van der Waals surface area contributed by atoms with Crippen LogP contribution >= 0.6 is 0 Å². The summed E-state index contributed by atoms with van der Waals surface area (Å²) in [4.78, 5) is 26.7. The summed E-state index contributed by atoms with van der Waals surface area (Å²) in [6.07, 6.45) is 3.01. The maximum atomic E-state index is 12.5. The highest BCUT2D eigenvalue weighted by molar-refractivity contribution is 5.89. The molecule has 2 saturated heterocycles. The van der Waals surface area contributed by atoms with Crippen molar-refractivity contribution < 1.29 is 9.59 Å². The number of nitrogens with zero attached hydrogens (tertiary/aromatic N) is 1. The van der Waals surface area contributed by atoms with Crippen molar-refractivity contribution in [2.75, 3.05) is 19.6 Å². The Morgan fingerprint density at radius 2 is 2.05 bits per heavy atom. The molecule has 1 aromatic carbocycles. The molecule has 22 heavy (non-hydrogen) atoms. The Morgan fingerprint density at radius 3 is 2.77 bits per heavy atom. The molecule has 2 unspecified atom stereocenters.